The Morgan fingerprint density at radius 3 is 2.54 bits per heavy atom. The average molecular weight is 210 g/mol. The Bertz CT molecular complexity index is 343. The largest absolute Gasteiger partial charge is 0.283 e. The van der Waals surface area contributed by atoms with Crippen molar-refractivity contribution in [2.75, 3.05) is 0 Å². The molecule has 2 nitrogen and oxygen atoms in total. The number of hydrogen-bond acceptors (Lipinski definition) is 2. The van der Waals surface area contributed by atoms with Crippen LogP contribution in [0.5, 0.6) is 0 Å². The van der Waals surface area contributed by atoms with Gasteiger partial charge in [0, 0.05) is 0 Å². The molecule has 0 fully saturated rings. The van der Waals surface area contributed by atoms with E-state index in [0.717, 1.165) is 12.1 Å². The number of carbonyl (C=O) groups is 1. The molecule has 0 aliphatic carbocycles. The summed E-state index contributed by atoms with van der Waals surface area (Å²) in [5, 5.41) is -0.998. The van der Waals surface area contributed by atoms with E-state index in [1.165, 1.54) is 0 Å². The number of hydrogen-bond donors (Lipinski definition) is 0. The van der Waals surface area contributed by atoms with Gasteiger partial charge in [0.05, 0.1) is 0 Å². The number of pyridine rings is 1. The van der Waals surface area contributed by atoms with Crippen LogP contribution in [0.15, 0.2) is 12.1 Å². The van der Waals surface area contributed by atoms with Gasteiger partial charge in [0.2, 0.25) is 0 Å². The first-order valence-electron chi connectivity index (χ1n) is 3.17. The highest BCUT2D eigenvalue weighted by molar-refractivity contribution is 6.67. The Morgan fingerprint density at radius 1 is 1.46 bits per heavy atom. The van der Waals surface area contributed by atoms with E-state index in [1.807, 2.05) is 0 Å². The van der Waals surface area contributed by atoms with Crippen LogP contribution in [0.25, 0.3) is 0 Å². The predicted molar refractivity (Wildman–Crippen MR) is 39.3 cm³/mol. The lowest BCUT2D eigenvalue weighted by Crippen LogP contribution is -2.01. The van der Waals surface area contributed by atoms with Gasteiger partial charge in [-0.15, -0.1) is 0 Å². The Kier molecular flexibility index (Phi) is 2.87. The fraction of sp³-hybridized carbons (Fsp3) is 0.143. The summed E-state index contributed by atoms with van der Waals surface area (Å²) in [5.41, 5.74) is -1.45. The van der Waals surface area contributed by atoms with E-state index in [2.05, 4.69) is 4.98 Å². The van der Waals surface area contributed by atoms with Crippen molar-refractivity contribution in [1.82, 2.24) is 4.98 Å². The van der Waals surface area contributed by atoms with Gasteiger partial charge in [-0.1, -0.05) is 0 Å². The first kappa shape index (κ1) is 9.98. The second-order valence-corrected chi connectivity index (χ2v) is 2.48. The molecule has 0 aliphatic heterocycles. The Hall–Kier alpha value is -1.10. The molecule has 0 aliphatic rings. The lowest BCUT2D eigenvalue weighted by atomic mass is 10.3. The molecule has 0 N–H and O–H groups in total. The quantitative estimate of drug-likeness (QED) is 0.701. The molecule has 0 saturated heterocycles. The molecule has 0 spiro atoms. The van der Waals surface area contributed by atoms with Gasteiger partial charge in [0.25, 0.3) is 11.7 Å². The second-order valence-electron chi connectivity index (χ2n) is 2.14. The lowest BCUT2D eigenvalue weighted by Gasteiger charge is -2.01. The van der Waals surface area contributed by atoms with Gasteiger partial charge >= 0.3 is 0 Å². The lowest BCUT2D eigenvalue weighted by molar-refractivity contribution is 0.107. The summed E-state index contributed by atoms with van der Waals surface area (Å²) in [6.07, 6.45) is -3.06. The van der Waals surface area contributed by atoms with E-state index in [0.29, 0.717) is 0 Å². The summed E-state index contributed by atoms with van der Waals surface area (Å²) in [6.45, 7) is 0. The predicted octanol–water partition coefficient (Wildman–Crippen LogP) is 2.54. The zero-order valence-electron chi connectivity index (χ0n) is 6.10. The number of aromatic nitrogens is 1. The number of carbonyl (C=O) groups excluding carboxylic acids is 1. The average Bonchev–Trinajstić information content (AvgIpc) is 2.04. The molecule has 1 aromatic heterocycles. The number of rotatable bonds is 2. The molecule has 0 amide bonds. The van der Waals surface area contributed by atoms with Crippen LogP contribution in [-0.2, 0) is 0 Å². The topological polar surface area (TPSA) is 30.0 Å². The maximum atomic E-state index is 12.6. The summed E-state index contributed by atoms with van der Waals surface area (Å²) >= 11 is 4.96. The van der Waals surface area contributed by atoms with Crippen molar-refractivity contribution < 1.29 is 18.0 Å². The third kappa shape index (κ3) is 2.18. The summed E-state index contributed by atoms with van der Waals surface area (Å²) in [5.74, 6) is -1.16. The summed E-state index contributed by atoms with van der Waals surface area (Å²) in [4.78, 5) is 13.5. The van der Waals surface area contributed by atoms with Crippen LogP contribution < -0.4 is 0 Å². The van der Waals surface area contributed by atoms with E-state index < -0.39 is 28.9 Å². The summed E-state index contributed by atoms with van der Waals surface area (Å²) < 4.78 is 36.6. The third-order valence-corrected chi connectivity index (χ3v) is 1.47. The number of halogens is 4. The van der Waals surface area contributed by atoms with Crippen molar-refractivity contribution >= 4 is 16.8 Å². The van der Waals surface area contributed by atoms with Crippen molar-refractivity contribution in [3.05, 3.63) is 29.3 Å². The van der Waals surface area contributed by atoms with E-state index in [9.17, 15) is 18.0 Å². The molecule has 70 valence electrons. The molecule has 1 aromatic rings. The minimum Gasteiger partial charge on any atom is -0.274 e. The van der Waals surface area contributed by atoms with Gasteiger partial charge in [-0.2, -0.15) is 0 Å². The summed E-state index contributed by atoms with van der Waals surface area (Å²) in [6, 6.07) is 1.67. The molecule has 6 heteroatoms. The van der Waals surface area contributed by atoms with E-state index >= 15 is 0 Å². The Balaban J connectivity index is 3.19. The first-order chi connectivity index (χ1) is 6.02. The molecule has 0 bridgehead atoms. The van der Waals surface area contributed by atoms with Crippen LogP contribution in [0.4, 0.5) is 13.2 Å². The molecular formula is C7H3ClF3NO. The molecule has 0 unspecified atom stereocenters. The molecule has 0 aromatic carbocycles. The molecular weight excluding hydrogens is 207 g/mol. The maximum Gasteiger partial charge on any atom is 0.283 e. The van der Waals surface area contributed by atoms with Crippen LogP contribution in [0.2, 0.25) is 0 Å². The zero-order chi connectivity index (χ0) is 10.0. The van der Waals surface area contributed by atoms with Crippen LogP contribution in [-0.4, -0.2) is 10.2 Å². The summed E-state index contributed by atoms with van der Waals surface area (Å²) in [7, 11) is 0. The monoisotopic (exact) mass is 209 g/mol. The van der Waals surface area contributed by atoms with Gasteiger partial charge in [-0.3, -0.25) is 4.79 Å². The van der Waals surface area contributed by atoms with Gasteiger partial charge in [0.15, 0.2) is 5.82 Å². The van der Waals surface area contributed by atoms with Crippen molar-refractivity contribution in [3.63, 3.8) is 0 Å². The van der Waals surface area contributed by atoms with Crippen LogP contribution >= 0.6 is 11.6 Å². The van der Waals surface area contributed by atoms with Crippen LogP contribution in [0.3, 0.4) is 0 Å². The van der Waals surface area contributed by atoms with E-state index in [4.69, 9.17) is 11.6 Å². The molecule has 0 radical (unpaired) electrons. The van der Waals surface area contributed by atoms with Crippen molar-refractivity contribution in [1.29, 1.82) is 0 Å². The van der Waals surface area contributed by atoms with Gasteiger partial charge in [0.1, 0.15) is 11.4 Å². The number of alkyl halides is 2. The molecule has 1 rings (SSSR count). The van der Waals surface area contributed by atoms with Crippen LogP contribution in [0.1, 0.15) is 22.6 Å². The maximum absolute atomic E-state index is 12.6. The van der Waals surface area contributed by atoms with Crippen molar-refractivity contribution in [2.24, 2.45) is 0 Å². The smallest absolute Gasteiger partial charge is 0.274 e. The Labute approximate surface area is 76.3 Å². The first-order valence-corrected chi connectivity index (χ1v) is 3.54. The zero-order valence-corrected chi connectivity index (χ0v) is 6.86. The number of nitrogens with zero attached hydrogens (tertiary/aromatic N) is 1. The van der Waals surface area contributed by atoms with Crippen LogP contribution in [0, 0.1) is 5.82 Å². The normalized spacial score (nSPS) is 10.5. The van der Waals surface area contributed by atoms with Gasteiger partial charge in [-0.25, -0.2) is 18.2 Å². The molecule has 0 atom stereocenters. The molecule has 0 saturated carbocycles. The van der Waals surface area contributed by atoms with Gasteiger partial charge < -0.3 is 0 Å². The molecule has 1 heterocycles. The van der Waals surface area contributed by atoms with Crippen molar-refractivity contribution in [2.45, 2.75) is 6.43 Å². The highest BCUT2D eigenvalue weighted by Gasteiger charge is 2.17. The fourth-order valence-corrected chi connectivity index (χ4v) is 0.826. The SMILES string of the molecule is O=C(Cl)c1ccc(F)c(C(F)F)n1. The Morgan fingerprint density at radius 2 is 2.08 bits per heavy atom. The highest BCUT2D eigenvalue weighted by Crippen LogP contribution is 2.20. The standard InChI is InChI=1S/C7H3ClF3NO/c8-6(13)4-2-1-3(9)5(12-4)7(10)11/h1-2,7H. The van der Waals surface area contributed by atoms with E-state index in [1.54, 1.807) is 0 Å². The minimum absolute atomic E-state index is 0.390. The van der Waals surface area contributed by atoms with Crippen molar-refractivity contribution in [3.8, 4) is 0 Å². The molecule has 13 heavy (non-hydrogen) atoms. The second kappa shape index (κ2) is 3.74. The van der Waals surface area contributed by atoms with Gasteiger partial charge in [-0.05, 0) is 23.7 Å². The minimum atomic E-state index is -3.06. The van der Waals surface area contributed by atoms with E-state index in [-0.39, 0.29) is 0 Å². The fourth-order valence-electron chi connectivity index (χ4n) is 0.720. The third-order valence-electron chi connectivity index (χ3n) is 1.28. The highest BCUT2D eigenvalue weighted by atomic mass is 35.5.